The number of nitrogens with one attached hydrogen (secondary N) is 3. The van der Waals surface area contributed by atoms with Gasteiger partial charge in [-0.15, -0.1) is 0 Å². The lowest BCUT2D eigenvalue weighted by Gasteiger charge is -2.22. The number of aromatic nitrogens is 1. The van der Waals surface area contributed by atoms with E-state index in [1.807, 2.05) is 24.3 Å². The van der Waals surface area contributed by atoms with E-state index < -0.39 is 54.1 Å². The number of carbonyl (C=O) groups excluding carboxylic acids is 4. The molecule has 2 rings (SSSR count). The summed E-state index contributed by atoms with van der Waals surface area (Å²) >= 11 is 0. The van der Waals surface area contributed by atoms with Crippen molar-refractivity contribution in [2.45, 2.75) is 43.8 Å². The number of benzene rings is 1. The number of carboxylic acids is 1. The van der Waals surface area contributed by atoms with Crippen LogP contribution in [0.1, 0.15) is 24.8 Å². The van der Waals surface area contributed by atoms with Crippen molar-refractivity contribution in [2.24, 2.45) is 17.2 Å². The standard InChI is InChI=1S/C20H26N6O6/c21-12(7-10-9-24-13-4-2-1-3-11(10)13)18(29)26-15(8-17(23)28)19(30)25-14(20(31)32)5-6-16(22)27/h1-4,9,12,14-15,24H,5-8,21H2,(H2,22,27)(H2,23,28)(H,25,30)(H,26,29)(H,31,32)/t12-,14-,15-/m0/s1. The smallest absolute Gasteiger partial charge is 0.326 e. The molecule has 172 valence electrons. The third kappa shape index (κ3) is 6.80. The van der Waals surface area contributed by atoms with Crippen molar-refractivity contribution in [3.63, 3.8) is 0 Å². The topological polar surface area (TPSA) is 223 Å². The number of H-pyrrole nitrogens is 1. The summed E-state index contributed by atoms with van der Waals surface area (Å²) < 4.78 is 0. The van der Waals surface area contributed by atoms with Gasteiger partial charge in [-0.2, -0.15) is 0 Å². The van der Waals surface area contributed by atoms with Crippen LogP contribution >= 0.6 is 0 Å². The molecule has 0 saturated carbocycles. The van der Waals surface area contributed by atoms with Gasteiger partial charge in [-0.3, -0.25) is 19.2 Å². The number of hydrogen-bond donors (Lipinski definition) is 7. The van der Waals surface area contributed by atoms with E-state index in [9.17, 15) is 29.1 Å². The average Bonchev–Trinajstić information content (AvgIpc) is 3.12. The van der Waals surface area contributed by atoms with Crippen molar-refractivity contribution in [3.05, 3.63) is 36.0 Å². The van der Waals surface area contributed by atoms with E-state index in [4.69, 9.17) is 17.2 Å². The Bertz CT molecular complexity index is 1020. The van der Waals surface area contributed by atoms with E-state index in [2.05, 4.69) is 15.6 Å². The second-order valence-electron chi connectivity index (χ2n) is 7.31. The van der Waals surface area contributed by atoms with E-state index in [0.29, 0.717) is 0 Å². The maximum Gasteiger partial charge on any atom is 0.326 e. The quantitative estimate of drug-likeness (QED) is 0.198. The van der Waals surface area contributed by atoms with E-state index in [0.717, 1.165) is 16.5 Å². The number of para-hydroxylation sites is 1. The molecule has 0 aliphatic rings. The summed E-state index contributed by atoms with van der Waals surface area (Å²) in [6.45, 7) is 0. The average molecular weight is 446 g/mol. The molecule has 3 atom stereocenters. The highest BCUT2D eigenvalue weighted by atomic mass is 16.4. The van der Waals surface area contributed by atoms with Crippen molar-refractivity contribution < 1.29 is 29.1 Å². The highest BCUT2D eigenvalue weighted by molar-refractivity contribution is 5.95. The molecule has 0 saturated heterocycles. The van der Waals surface area contributed by atoms with Gasteiger partial charge in [0.2, 0.25) is 23.6 Å². The monoisotopic (exact) mass is 446 g/mol. The van der Waals surface area contributed by atoms with Crippen LogP contribution in [0, 0.1) is 0 Å². The first-order chi connectivity index (χ1) is 15.1. The fourth-order valence-electron chi connectivity index (χ4n) is 3.14. The number of fused-ring (bicyclic) bond motifs is 1. The molecule has 0 aliphatic heterocycles. The molecule has 1 aromatic heterocycles. The highest BCUT2D eigenvalue weighted by Gasteiger charge is 2.29. The van der Waals surface area contributed by atoms with Crippen molar-refractivity contribution in [1.29, 1.82) is 0 Å². The molecule has 4 amide bonds. The number of carboxylic acid groups (broad SMARTS) is 1. The van der Waals surface area contributed by atoms with Gasteiger partial charge in [0.1, 0.15) is 12.1 Å². The summed E-state index contributed by atoms with van der Waals surface area (Å²) in [6.07, 6.45) is 0.769. The summed E-state index contributed by atoms with van der Waals surface area (Å²) in [6, 6.07) is 3.50. The molecule has 0 radical (unpaired) electrons. The third-order valence-electron chi connectivity index (χ3n) is 4.78. The lowest BCUT2D eigenvalue weighted by Crippen LogP contribution is -2.55. The lowest BCUT2D eigenvalue weighted by molar-refractivity contribution is -0.142. The first-order valence-corrected chi connectivity index (χ1v) is 9.79. The van der Waals surface area contributed by atoms with Crippen molar-refractivity contribution >= 4 is 40.5 Å². The molecule has 0 unspecified atom stereocenters. The first-order valence-electron chi connectivity index (χ1n) is 9.79. The van der Waals surface area contributed by atoms with Gasteiger partial charge in [0.15, 0.2) is 0 Å². The maximum absolute atomic E-state index is 12.6. The van der Waals surface area contributed by atoms with Gasteiger partial charge in [-0.05, 0) is 24.5 Å². The number of rotatable bonds is 12. The largest absolute Gasteiger partial charge is 0.480 e. The molecule has 1 heterocycles. The second kappa shape index (κ2) is 10.9. The Hall–Kier alpha value is -3.93. The van der Waals surface area contributed by atoms with Gasteiger partial charge in [-0.25, -0.2) is 4.79 Å². The Morgan fingerprint density at radius 2 is 1.62 bits per heavy atom. The Kier molecular flexibility index (Phi) is 8.30. The van der Waals surface area contributed by atoms with E-state index in [1.54, 1.807) is 6.20 Å². The Labute approximate surface area is 182 Å². The van der Waals surface area contributed by atoms with Crippen LogP contribution in [0.3, 0.4) is 0 Å². The van der Waals surface area contributed by atoms with Crippen LogP contribution in [-0.2, 0) is 30.4 Å². The van der Waals surface area contributed by atoms with Crippen molar-refractivity contribution in [3.8, 4) is 0 Å². The van der Waals surface area contributed by atoms with Crippen LogP contribution in [0.25, 0.3) is 10.9 Å². The number of hydrogen-bond acceptors (Lipinski definition) is 6. The SMILES string of the molecule is NC(=O)CC[C@H](NC(=O)[C@H](CC(N)=O)NC(=O)[C@@H](N)Cc1c[nH]c2ccccc12)C(=O)O. The van der Waals surface area contributed by atoms with Crippen LogP contribution in [0.4, 0.5) is 0 Å². The van der Waals surface area contributed by atoms with Gasteiger partial charge in [0.05, 0.1) is 12.5 Å². The van der Waals surface area contributed by atoms with Gasteiger partial charge in [0, 0.05) is 23.5 Å². The Morgan fingerprint density at radius 3 is 2.25 bits per heavy atom. The molecule has 0 fully saturated rings. The fraction of sp³-hybridized carbons (Fsp3) is 0.350. The Balaban J connectivity index is 2.06. The summed E-state index contributed by atoms with van der Waals surface area (Å²) in [4.78, 5) is 61.8. The minimum atomic E-state index is -1.44. The fourth-order valence-corrected chi connectivity index (χ4v) is 3.14. The molecule has 0 spiro atoms. The first kappa shape index (κ1) is 24.3. The summed E-state index contributed by atoms with van der Waals surface area (Å²) in [5.41, 5.74) is 17.8. The van der Waals surface area contributed by atoms with Crippen LogP contribution in [-0.4, -0.2) is 57.8 Å². The number of amides is 4. The molecular weight excluding hydrogens is 420 g/mol. The molecule has 12 nitrogen and oxygen atoms in total. The molecular formula is C20H26N6O6. The van der Waals surface area contributed by atoms with Crippen molar-refractivity contribution in [1.82, 2.24) is 15.6 Å². The van der Waals surface area contributed by atoms with Gasteiger partial charge >= 0.3 is 5.97 Å². The molecule has 0 bridgehead atoms. The normalized spacial score (nSPS) is 13.7. The van der Waals surface area contributed by atoms with Crippen molar-refractivity contribution in [2.75, 3.05) is 0 Å². The predicted molar refractivity (Wildman–Crippen MR) is 114 cm³/mol. The van der Waals surface area contributed by atoms with Crippen LogP contribution in [0.2, 0.25) is 0 Å². The number of carbonyl (C=O) groups is 5. The zero-order chi connectivity index (χ0) is 23.8. The van der Waals surface area contributed by atoms with Gasteiger partial charge < -0.3 is 37.9 Å². The lowest BCUT2D eigenvalue weighted by atomic mass is 10.0. The minimum Gasteiger partial charge on any atom is -0.480 e. The zero-order valence-electron chi connectivity index (χ0n) is 17.2. The Morgan fingerprint density at radius 1 is 0.969 bits per heavy atom. The molecule has 2 aromatic rings. The third-order valence-corrected chi connectivity index (χ3v) is 4.78. The van der Waals surface area contributed by atoms with E-state index >= 15 is 0 Å². The summed E-state index contributed by atoms with van der Waals surface area (Å²) in [5.74, 6) is -4.70. The highest BCUT2D eigenvalue weighted by Crippen LogP contribution is 2.18. The van der Waals surface area contributed by atoms with Crippen LogP contribution in [0.15, 0.2) is 30.5 Å². The molecule has 1 aromatic carbocycles. The van der Waals surface area contributed by atoms with Crippen LogP contribution in [0.5, 0.6) is 0 Å². The summed E-state index contributed by atoms with van der Waals surface area (Å²) in [5, 5.41) is 14.6. The molecule has 0 aliphatic carbocycles. The van der Waals surface area contributed by atoms with Gasteiger partial charge in [0.25, 0.3) is 0 Å². The van der Waals surface area contributed by atoms with E-state index in [-0.39, 0.29) is 19.3 Å². The van der Waals surface area contributed by atoms with Gasteiger partial charge in [-0.1, -0.05) is 18.2 Å². The number of primary amides is 2. The number of nitrogens with two attached hydrogens (primary N) is 3. The number of aliphatic carboxylic acids is 1. The molecule has 10 N–H and O–H groups in total. The van der Waals surface area contributed by atoms with Crippen LogP contribution < -0.4 is 27.8 Å². The molecule has 12 heteroatoms. The molecule has 32 heavy (non-hydrogen) atoms. The second-order valence-corrected chi connectivity index (χ2v) is 7.31. The maximum atomic E-state index is 12.6. The predicted octanol–water partition coefficient (Wildman–Crippen LogP) is -1.77. The summed E-state index contributed by atoms with van der Waals surface area (Å²) in [7, 11) is 0. The number of aromatic amines is 1. The van der Waals surface area contributed by atoms with E-state index in [1.165, 1.54) is 0 Å². The zero-order valence-corrected chi connectivity index (χ0v) is 17.2. The minimum absolute atomic E-state index is 0.150.